The van der Waals surface area contributed by atoms with Gasteiger partial charge in [-0.05, 0) is 44.5 Å². The molecule has 180 valence electrons. The SMILES string of the molecule is CC(C)C[C@H](NC(=O)CNC(=O)c1cc(Cl)ccc1Cl)B1OC(=O)CCN(C)[C@H](C)C(=O)O1. The molecule has 2 atom stereocenters. The summed E-state index contributed by atoms with van der Waals surface area (Å²) in [6.07, 6.45) is 0.446. The second kappa shape index (κ2) is 12.2. The third-order valence-electron chi connectivity index (χ3n) is 5.13. The van der Waals surface area contributed by atoms with E-state index in [1.54, 1.807) is 24.9 Å². The van der Waals surface area contributed by atoms with Crippen LogP contribution < -0.4 is 10.6 Å². The molecule has 2 rings (SSSR count). The quantitative estimate of drug-likeness (QED) is 0.552. The van der Waals surface area contributed by atoms with E-state index >= 15 is 0 Å². The van der Waals surface area contributed by atoms with Crippen LogP contribution in [0.2, 0.25) is 10.0 Å². The molecular formula is C21H28BCl2N3O6. The van der Waals surface area contributed by atoms with Gasteiger partial charge in [-0.2, -0.15) is 0 Å². The fourth-order valence-corrected chi connectivity index (χ4v) is 3.54. The van der Waals surface area contributed by atoms with Crippen molar-refractivity contribution in [3.05, 3.63) is 33.8 Å². The molecule has 1 heterocycles. The van der Waals surface area contributed by atoms with E-state index in [-0.39, 0.29) is 29.5 Å². The first-order valence-corrected chi connectivity index (χ1v) is 11.4. The highest BCUT2D eigenvalue weighted by molar-refractivity contribution is 6.51. The third kappa shape index (κ3) is 8.21. The normalized spacial score (nSPS) is 18.5. The van der Waals surface area contributed by atoms with Crippen LogP contribution in [-0.4, -0.2) is 67.9 Å². The molecule has 1 aliphatic heterocycles. The lowest BCUT2D eigenvalue weighted by molar-refractivity contribution is -0.142. The van der Waals surface area contributed by atoms with E-state index in [4.69, 9.17) is 32.5 Å². The molecule has 0 unspecified atom stereocenters. The Balaban J connectivity index is 2.09. The molecule has 0 radical (unpaired) electrons. The van der Waals surface area contributed by atoms with Gasteiger partial charge in [0.2, 0.25) is 5.91 Å². The highest BCUT2D eigenvalue weighted by Crippen LogP contribution is 2.20. The summed E-state index contributed by atoms with van der Waals surface area (Å²) >= 11 is 11.9. The van der Waals surface area contributed by atoms with Crippen LogP contribution in [0.4, 0.5) is 0 Å². The van der Waals surface area contributed by atoms with Crippen molar-refractivity contribution in [3.63, 3.8) is 0 Å². The average molecular weight is 500 g/mol. The summed E-state index contributed by atoms with van der Waals surface area (Å²) < 4.78 is 10.8. The van der Waals surface area contributed by atoms with Crippen molar-refractivity contribution < 1.29 is 28.5 Å². The molecule has 1 aromatic carbocycles. The number of carbonyl (C=O) groups excluding carboxylic acids is 4. The van der Waals surface area contributed by atoms with Gasteiger partial charge in [0.15, 0.2) is 0 Å². The Morgan fingerprint density at radius 2 is 1.94 bits per heavy atom. The molecule has 0 aromatic heterocycles. The van der Waals surface area contributed by atoms with Crippen LogP contribution in [0.3, 0.4) is 0 Å². The molecule has 2 amide bonds. The molecule has 0 aliphatic carbocycles. The monoisotopic (exact) mass is 499 g/mol. The van der Waals surface area contributed by atoms with E-state index in [9.17, 15) is 19.2 Å². The number of amides is 2. The lowest BCUT2D eigenvalue weighted by atomic mass is 9.73. The molecule has 0 bridgehead atoms. The Morgan fingerprint density at radius 3 is 2.61 bits per heavy atom. The maximum atomic E-state index is 12.6. The highest BCUT2D eigenvalue weighted by atomic mass is 35.5. The molecule has 1 aliphatic rings. The Kier molecular flexibility index (Phi) is 10.0. The molecule has 1 saturated heterocycles. The van der Waals surface area contributed by atoms with Gasteiger partial charge in [0.1, 0.15) is 6.04 Å². The first-order chi connectivity index (χ1) is 15.5. The minimum Gasteiger partial charge on any atom is -0.498 e. The van der Waals surface area contributed by atoms with Crippen LogP contribution in [0, 0.1) is 5.92 Å². The van der Waals surface area contributed by atoms with Crippen LogP contribution in [0.5, 0.6) is 0 Å². The molecule has 0 saturated carbocycles. The van der Waals surface area contributed by atoms with Gasteiger partial charge in [0.25, 0.3) is 11.9 Å². The van der Waals surface area contributed by atoms with Gasteiger partial charge in [0, 0.05) is 11.6 Å². The van der Waals surface area contributed by atoms with Crippen molar-refractivity contribution in [2.45, 2.75) is 45.6 Å². The number of benzene rings is 1. The number of hydrogen-bond acceptors (Lipinski definition) is 7. The summed E-state index contributed by atoms with van der Waals surface area (Å²) in [6.45, 7) is 5.46. The fourth-order valence-electron chi connectivity index (χ4n) is 3.16. The van der Waals surface area contributed by atoms with Gasteiger partial charge in [-0.25, -0.2) is 0 Å². The second-order valence-electron chi connectivity index (χ2n) is 8.31. The fraction of sp³-hybridized carbons (Fsp3) is 0.524. The van der Waals surface area contributed by atoms with Crippen LogP contribution in [0.25, 0.3) is 0 Å². The van der Waals surface area contributed by atoms with Gasteiger partial charge in [-0.3, -0.25) is 24.1 Å². The van der Waals surface area contributed by atoms with E-state index in [1.807, 2.05) is 13.8 Å². The van der Waals surface area contributed by atoms with Crippen LogP contribution in [-0.2, 0) is 23.7 Å². The predicted molar refractivity (Wildman–Crippen MR) is 125 cm³/mol. The minimum atomic E-state index is -1.29. The first-order valence-electron chi connectivity index (χ1n) is 10.6. The van der Waals surface area contributed by atoms with E-state index in [0.29, 0.717) is 18.0 Å². The predicted octanol–water partition coefficient (Wildman–Crippen LogP) is 2.09. The zero-order chi connectivity index (χ0) is 24.7. The maximum Gasteiger partial charge on any atom is 0.622 e. The Bertz CT molecular complexity index is 901. The average Bonchev–Trinajstić information content (AvgIpc) is 2.79. The van der Waals surface area contributed by atoms with E-state index < -0.39 is 42.9 Å². The zero-order valence-corrected chi connectivity index (χ0v) is 20.5. The summed E-state index contributed by atoms with van der Waals surface area (Å²) in [4.78, 5) is 51.4. The van der Waals surface area contributed by atoms with Gasteiger partial charge < -0.3 is 19.9 Å². The summed E-state index contributed by atoms with van der Waals surface area (Å²) in [7, 11) is 0.422. The number of halogens is 2. The summed E-state index contributed by atoms with van der Waals surface area (Å²) in [5.74, 6) is -2.95. The van der Waals surface area contributed by atoms with Gasteiger partial charge in [-0.15, -0.1) is 0 Å². The Labute approximate surface area is 203 Å². The molecule has 1 fully saturated rings. The molecule has 1 aromatic rings. The molecular weight excluding hydrogens is 472 g/mol. The molecule has 0 spiro atoms. The third-order valence-corrected chi connectivity index (χ3v) is 5.70. The lowest BCUT2D eigenvalue weighted by Crippen LogP contribution is -2.54. The molecule has 2 N–H and O–H groups in total. The first kappa shape index (κ1) is 27.0. The smallest absolute Gasteiger partial charge is 0.498 e. The summed E-state index contributed by atoms with van der Waals surface area (Å²) in [5, 5.41) is 5.70. The number of likely N-dealkylation sites (N-methyl/N-ethyl adjacent to an activating group) is 1. The largest absolute Gasteiger partial charge is 0.622 e. The van der Waals surface area contributed by atoms with Crippen LogP contribution in [0.1, 0.15) is 44.0 Å². The number of hydrogen-bond donors (Lipinski definition) is 2. The number of rotatable bonds is 7. The number of carbonyl (C=O) groups is 4. The van der Waals surface area contributed by atoms with Gasteiger partial charge in [0.05, 0.1) is 29.5 Å². The number of nitrogens with one attached hydrogen (secondary N) is 2. The van der Waals surface area contributed by atoms with Crippen LogP contribution >= 0.6 is 23.2 Å². The van der Waals surface area contributed by atoms with E-state index in [1.165, 1.54) is 12.1 Å². The van der Waals surface area contributed by atoms with Gasteiger partial charge in [-0.1, -0.05) is 37.0 Å². The molecule has 12 heteroatoms. The Morgan fingerprint density at radius 1 is 1.24 bits per heavy atom. The maximum absolute atomic E-state index is 12.6. The Hall–Kier alpha value is -2.30. The van der Waals surface area contributed by atoms with Crippen molar-refractivity contribution in [1.82, 2.24) is 15.5 Å². The zero-order valence-electron chi connectivity index (χ0n) is 19.0. The molecule has 9 nitrogen and oxygen atoms in total. The van der Waals surface area contributed by atoms with Gasteiger partial charge >= 0.3 is 13.1 Å². The summed E-state index contributed by atoms with van der Waals surface area (Å²) in [6, 6.07) is 3.84. The van der Waals surface area contributed by atoms with Crippen molar-refractivity contribution >= 4 is 54.1 Å². The standard InChI is InChI=1S/C21H28BCl2N3O6/c1-12(2)9-17(22-32-19(29)7-8-27(4)13(3)21(31)33-22)26-18(28)11-25-20(30)15-10-14(23)5-6-16(15)24/h5-6,10,12-13,17H,7-9,11H2,1-4H3,(H,25,30)(H,26,28)/t13-,17+/m1/s1. The van der Waals surface area contributed by atoms with Crippen molar-refractivity contribution in [3.8, 4) is 0 Å². The summed E-state index contributed by atoms with van der Waals surface area (Å²) in [5.41, 5.74) is 0.132. The minimum absolute atomic E-state index is 0.0762. The van der Waals surface area contributed by atoms with Crippen LogP contribution in [0.15, 0.2) is 18.2 Å². The van der Waals surface area contributed by atoms with Crippen molar-refractivity contribution in [2.24, 2.45) is 5.92 Å². The molecule has 33 heavy (non-hydrogen) atoms. The number of nitrogens with zero attached hydrogens (tertiary/aromatic N) is 1. The van der Waals surface area contributed by atoms with Crippen molar-refractivity contribution in [1.29, 1.82) is 0 Å². The van der Waals surface area contributed by atoms with E-state index in [2.05, 4.69) is 10.6 Å². The second-order valence-corrected chi connectivity index (χ2v) is 9.16. The van der Waals surface area contributed by atoms with E-state index in [0.717, 1.165) is 0 Å². The van der Waals surface area contributed by atoms with Crippen molar-refractivity contribution in [2.75, 3.05) is 20.1 Å². The highest BCUT2D eigenvalue weighted by Gasteiger charge is 2.41. The lowest BCUT2D eigenvalue weighted by Gasteiger charge is -2.26. The topological polar surface area (TPSA) is 114 Å².